The number of hydrogen-bond acceptors (Lipinski definition) is 7. The lowest BCUT2D eigenvalue weighted by atomic mass is 9.39. The maximum Gasteiger partial charge on any atom is 0.271 e. The topological polar surface area (TPSA) is 118 Å². The number of imidazole rings is 2. The van der Waals surface area contributed by atoms with Crippen molar-refractivity contribution in [1.82, 2.24) is 39.3 Å². The Morgan fingerprint density at radius 2 is 1.76 bits per heavy atom. The molecule has 0 unspecified atom stereocenters. The van der Waals surface area contributed by atoms with Crippen LogP contribution in [0.2, 0.25) is 0 Å². The summed E-state index contributed by atoms with van der Waals surface area (Å²) in [7, 11) is 0. The molecule has 1 saturated heterocycles. The van der Waals surface area contributed by atoms with Crippen molar-refractivity contribution in [2.24, 2.45) is 5.41 Å². The number of carbonyl (C=O) groups excluding carboxylic acids is 1. The van der Waals surface area contributed by atoms with Crippen LogP contribution in [0.15, 0.2) is 55.0 Å². The number of rotatable bonds is 6. The van der Waals surface area contributed by atoms with E-state index in [4.69, 9.17) is 10.7 Å². The molecule has 0 atom stereocenters. The highest BCUT2D eigenvalue weighted by Gasteiger charge is 2.68. The molecule has 11 heteroatoms. The van der Waals surface area contributed by atoms with Crippen LogP contribution in [0, 0.1) is 18.2 Å². The SMILES string of the molecule is Cc1cnc2ccc(-c3c(-c4ccc(F)cc4)nc(N)c4nc(C(=O)NC56CC(CN7CCNCC7)(C5)C6)cn34)cn12. The summed E-state index contributed by atoms with van der Waals surface area (Å²) in [6, 6.07) is 10.0. The molecule has 1 aromatic carbocycles. The third-order valence-corrected chi connectivity index (χ3v) is 9.23. The van der Waals surface area contributed by atoms with Gasteiger partial charge in [-0.15, -0.1) is 0 Å². The lowest BCUT2D eigenvalue weighted by molar-refractivity contribution is -0.161. The fourth-order valence-corrected chi connectivity index (χ4v) is 7.45. The van der Waals surface area contributed by atoms with Crippen molar-refractivity contribution >= 4 is 23.0 Å². The second-order valence-electron chi connectivity index (χ2n) is 12.4. The van der Waals surface area contributed by atoms with Gasteiger partial charge in [-0.25, -0.2) is 19.3 Å². The second kappa shape index (κ2) is 9.07. The second-order valence-corrected chi connectivity index (χ2v) is 12.4. The summed E-state index contributed by atoms with van der Waals surface area (Å²) in [6.07, 6.45) is 8.56. The number of benzene rings is 1. The van der Waals surface area contributed by atoms with Gasteiger partial charge < -0.3 is 25.7 Å². The Balaban J connectivity index is 1.14. The maximum absolute atomic E-state index is 13.8. The largest absolute Gasteiger partial charge is 0.381 e. The zero-order chi connectivity index (χ0) is 28.6. The monoisotopic (exact) mass is 565 g/mol. The van der Waals surface area contributed by atoms with Crippen LogP contribution in [0.25, 0.3) is 33.8 Å². The third kappa shape index (κ3) is 3.98. The predicted molar refractivity (Wildman–Crippen MR) is 158 cm³/mol. The van der Waals surface area contributed by atoms with Gasteiger partial charge in [-0.3, -0.25) is 9.20 Å². The van der Waals surface area contributed by atoms with Gasteiger partial charge in [0.05, 0.1) is 11.4 Å². The molecule has 42 heavy (non-hydrogen) atoms. The number of nitrogen functional groups attached to an aromatic ring is 1. The summed E-state index contributed by atoms with van der Waals surface area (Å²) < 4.78 is 17.7. The normalized spacial score (nSPS) is 23.6. The van der Waals surface area contributed by atoms with E-state index in [-0.39, 0.29) is 23.1 Å². The molecule has 4 aromatic heterocycles. The third-order valence-electron chi connectivity index (χ3n) is 9.23. The number of anilines is 1. The molecule has 9 rings (SSSR count). The number of halogens is 1. The summed E-state index contributed by atoms with van der Waals surface area (Å²) in [5.74, 6) is -0.351. The average molecular weight is 566 g/mol. The van der Waals surface area contributed by atoms with Crippen LogP contribution >= 0.6 is 0 Å². The molecule has 5 heterocycles. The number of fused-ring (bicyclic) bond motifs is 2. The first-order valence-corrected chi connectivity index (χ1v) is 14.4. The van der Waals surface area contributed by atoms with E-state index in [1.165, 1.54) is 12.1 Å². The molecule has 0 radical (unpaired) electrons. The molecule has 3 aliphatic carbocycles. The number of aryl methyl sites for hydroxylation is 1. The van der Waals surface area contributed by atoms with Gasteiger partial charge in [0.15, 0.2) is 11.5 Å². The standard InChI is InChI=1S/C31H32FN9O/c1-19-12-35-24-7-4-21(13-40(19)24)26-25(20-2-5-22(32)6-3-20)37-27(33)28-36-23(14-41(26)28)29(42)38-31-15-30(16-31,17-31)18-39-10-8-34-9-11-39/h2-7,12-14,34H,8-11,15-18H2,1H3,(H2,33,37)(H,38,42). The Bertz CT molecular complexity index is 1850. The molecular formula is C31H32FN9O. The number of nitrogens with zero attached hydrogens (tertiary/aromatic N) is 6. The van der Waals surface area contributed by atoms with Crippen LogP contribution in [-0.2, 0) is 0 Å². The number of carbonyl (C=O) groups is 1. The highest BCUT2D eigenvalue weighted by molar-refractivity contribution is 5.95. The molecule has 2 bridgehead atoms. The van der Waals surface area contributed by atoms with Gasteiger partial charge in [-0.2, -0.15) is 0 Å². The van der Waals surface area contributed by atoms with Crippen LogP contribution in [0.5, 0.6) is 0 Å². The van der Waals surface area contributed by atoms with Crippen LogP contribution < -0.4 is 16.4 Å². The number of piperazine rings is 1. The first-order chi connectivity index (χ1) is 20.3. The highest BCUT2D eigenvalue weighted by Crippen LogP contribution is 2.67. The van der Waals surface area contributed by atoms with Gasteiger partial charge in [0.25, 0.3) is 5.91 Å². The fraction of sp³-hybridized carbons (Fsp3) is 0.355. The summed E-state index contributed by atoms with van der Waals surface area (Å²) >= 11 is 0. The van der Waals surface area contributed by atoms with Crippen LogP contribution in [-0.4, -0.2) is 72.8 Å². The molecule has 4 fully saturated rings. The molecule has 4 aliphatic rings. The van der Waals surface area contributed by atoms with Crippen molar-refractivity contribution in [2.75, 3.05) is 38.5 Å². The predicted octanol–water partition coefficient (Wildman–Crippen LogP) is 3.30. The van der Waals surface area contributed by atoms with E-state index in [2.05, 4.69) is 25.5 Å². The summed E-state index contributed by atoms with van der Waals surface area (Å²) in [6.45, 7) is 7.37. The Labute approximate surface area is 241 Å². The summed E-state index contributed by atoms with van der Waals surface area (Å²) in [5.41, 5.74) is 11.9. The van der Waals surface area contributed by atoms with Crippen LogP contribution in [0.4, 0.5) is 10.2 Å². The quantitative estimate of drug-likeness (QED) is 0.289. The van der Waals surface area contributed by atoms with Gasteiger partial charge in [0.2, 0.25) is 0 Å². The molecule has 5 aromatic rings. The lowest BCUT2D eigenvalue weighted by Crippen LogP contribution is -2.77. The van der Waals surface area contributed by atoms with Gasteiger partial charge in [0.1, 0.15) is 17.2 Å². The van der Waals surface area contributed by atoms with Crippen molar-refractivity contribution in [1.29, 1.82) is 0 Å². The highest BCUT2D eigenvalue weighted by atomic mass is 19.1. The van der Waals surface area contributed by atoms with E-state index in [0.717, 1.165) is 68.9 Å². The van der Waals surface area contributed by atoms with Crippen molar-refractivity contribution < 1.29 is 9.18 Å². The number of nitrogens with one attached hydrogen (secondary N) is 2. The van der Waals surface area contributed by atoms with Crippen molar-refractivity contribution in [3.8, 4) is 22.5 Å². The fourth-order valence-electron chi connectivity index (χ4n) is 7.45. The van der Waals surface area contributed by atoms with Crippen molar-refractivity contribution in [2.45, 2.75) is 31.7 Å². The van der Waals surface area contributed by atoms with Crippen molar-refractivity contribution in [3.05, 3.63) is 72.2 Å². The van der Waals surface area contributed by atoms with E-state index in [1.54, 1.807) is 18.3 Å². The molecule has 1 amide bonds. The minimum atomic E-state index is -0.338. The molecular weight excluding hydrogens is 533 g/mol. The van der Waals surface area contributed by atoms with Gasteiger partial charge in [-0.05, 0) is 68.0 Å². The smallest absolute Gasteiger partial charge is 0.271 e. The van der Waals surface area contributed by atoms with Gasteiger partial charge in [0, 0.05) is 73.7 Å². The van der Waals surface area contributed by atoms with Gasteiger partial charge in [-0.1, -0.05) is 0 Å². The Morgan fingerprint density at radius 3 is 2.52 bits per heavy atom. The number of hydrogen-bond donors (Lipinski definition) is 3. The minimum Gasteiger partial charge on any atom is -0.381 e. The van der Waals surface area contributed by atoms with Gasteiger partial charge >= 0.3 is 0 Å². The van der Waals surface area contributed by atoms with E-state index in [1.807, 2.05) is 40.3 Å². The molecule has 1 aliphatic heterocycles. The maximum atomic E-state index is 13.8. The average Bonchev–Trinajstić information content (AvgIpc) is 3.57. The number of aromatic nitrogens is 5. The molecule has 3 saturated carbocycles. The molecule has 4 N–H and O–H groups in total. The number of pyridine rings is 1. The number of amides is 1. The Hall–Kier alpha value is -4.35. The summed E-state index contributed by atoms with van der Waals surface area (Å²) in [4.78, 5) is 29.9. The Morgan fingerprint density at radius 1 is 1.02 bits per heavy atom. The Kier molecular flexibility index (Phi) is 5.48. The molecule has 10 nitrogen and oxygen atoms in total. The lowest BCUT2D eigenvalue weighted by Gasteiger charge is -2.71. The minimum absolute atomic E-state index is 0.142. The molecule has 214 valence electrons. The van der Waals surface area contributed by atoms with Crippen LogP contribution in [0.3, 0.4) is 0 Å². The summed E-state index contributed by atoms with van der Waals surface area (Å²) in [5, 5.41) is 6.71. The number of nitrogens with two attached hydrogens (primary N) is 1. The zero-order valence-electron chi connectivity index (χ0n) is 23.4. The van der Waals surface area contributed by atoms with E-state index in [9.17, 15) is 9.18 Å². The van der Waals surface area contributed by atoms with E-state index >= 15 is 0 Å². The first-order valence-electron chi connectivity index (χ1n) is 14.4. The zero-order valence-corrected chi connectivity index (χ0v) is 23.4. The molecule has 0 spiro atoms. The van der Waals surface area contributed by atoms with E-state index < -0.39 is 0 Å². The van der Waals surface area contributed by atoms with E-state index in [0.29, 0.717) is 33.7 Å². The first kappa shape index (κ1) is 25.4. The van der Waals surface area contributed by atoms with Crippen LogP contribution in [0.1, 0.15) is 35.4 Å². The van der Waals surface area contributed by atoms with Crippen molar-refractivity contribution in [3.63, 3.8) is 0 Å².